The second-order valence-corrected chi connectivity index (χ2v) is 7.21. The lowest BCUT2D eigenvalue weighted by Gasteiger charge is -2.06. The van der Waals surface area contributed by atoms with Crippen LogP contribution in [-0.2, 0) is 11.2 Å². The Labute approximate surface area is 178 Å². The first-order valence-corrected chi connectivity index (χ1v) is 10.2. The second-order valence-electron chi connectivity index (χ2n) is 6.83. The van der Waals surface area contributed by atoms with E-state index in [1.807, 2.05) is 6.92 Å². The van der Waals surface area contributed by atoms with Crippen molar-refractivity contribution in [1.82, 2.24) is 0 Å². The molecule has 0 saturated carbocycles. The average Bonchev–Trinajstić information content (AvgIpc) is 3.09. The van der Waals surface area contributed by atoms with E-state index < -0.39 is 4.92 Å². The summed E-state index contributed by atoms with van der Waals surface area (Å²) in [6.07, 6.45) is 2.50. The predicted octanol–water partition coefficient (Wildman–Crippen LogP) is 5.48. The maximum absolute atomic E-state index is 13.3. The van der Waals surface area contributed by atoms with Crippen LogP contribution >= 0.6 is 11.6 Å². The van der Waals surface area contributed by atoms with Crippen LogP contribution in [0.15, 0.2) is 46.9 Å². The van der Waals surface area contributed by atoms with Crippen LogP contribution in [0.5, 0.6) is 0 Å². The Morgan fingerprint density at radius 2 is 1.90 bits per heavy atom. The van der Waals surface area contributed by atoms with Gasteiger partial charge < -0.3 is 9.73 Å². The molecule has 1 amide bonds. The van der Waals surface area contributed by atoms with Crippen LogP contribution in [0, 0.1) is 10.1 Å². The van der Waals surface area contributed by atoms with Gasteiger partial charge in [-0.2, -0.15) is 0 Å². The third-order valence-corrected chi connectivity index (χ3v) is 4.88. The average molecular weight is 429 g/mol. The van der Waals surface area contributed by atoms with E-state index in [9.17, 15) is 19.7 Å². The van der Waals surface area contributed by atoms with Gasteiger partial charge in [0.1, 0.15) is 11.3 Å². The molecule has 0 aliphatic heterocycles. The molecule has 3 aromatic rings. The molecule has 0 bridgehead atoms. The van der Waals surface area contributed by atoms with Gasteiger partial charge in [0.2, 0.25) is 5.91 Å². The summed E-state index contributed by atoms with van der Waals surface area (Å²) < 4.78 is 5.87. The number of furan rings is 1. The number of benzene rings is 2. The highest BCUT2D eigenvalue weighted by atomic mass is 35.5. The first-order valence-electron chi connectivity index (χ1n) is 9.65. The number of alkyl halides is 1. The van der Waals surface area contributed by atoms with Gasteiger partial charge in [-0.05, 0) is 36.8 Å². The molecule has 0 spiro atoms. The molecule has 0 saturated heterocycles. The maximum atomic E-state index is 13.3. The zero-order valence-electron chi connectivity index (χ0n) is 16.4. The van der Waals surface area contributed by atoms with Crippen LogP contribution in [-0.4, -0.2) is 22.5 Å². The lowest BCUT2D eigenvalue weighted by molar-refractivity contribution is -0.384. The van der Waals surface area contributed by atoms with E-state index in [2.05, 4.69) is 5.32 Å². The fraction of sp³-hybridized carbons (Fsp3) is 0.273. The summed E-state index contributed by atoms with van der Waals surface area (Å²) in [5, 5.41) is 14.3. The fourth-order valence-corrected chi connectivity index (χ4v) is 3.34. The quantitative estimate of drug-likeness (QED) is 0.210. The van der Waals surface area contributed by atoms with Crippen LogP contribution in [0.2, 0.25) is 0 Å². The minimum Gasteiger partial charge on any atom is -0.460 e. The van der Waals surface area contributed by atoms with Gasteiger partial charge in [-0.15, -0.1) is 11.6 Å². The minimum absolute atomic E-state index is 0.100. The van der Waals surface area contributed by atoms with E-state index in [-0.39, 0.29) is 29.7 Å². The third-order valence-electron chi connectivity index (χ3n) is 4.69. The standard InChI is InChI=1S/C22H21ClN2O5/c1-2-3-4-19-21(17-13-16(25(28)29)9-10-18(17)30-19)22(27)14-5-7-15(8-6-14)24-20(26)11-12-23/h5-10,13H,2-4,11-12H2,1H3,(H,24,26). The molecule has 0 fully saturated rings. The van der Waals surface area contributed by atoms with Crippen LogP contribution in [0.25, 0.3) is 11.0 Å². The van der Waals surface area contributed by atoms with Crippen molar-refractivity contribution in [3.05, 3.63) is 69.5 Å². The van der Waals surface area contributed by atoms with Crippen molar-refractivity contribution in [3.63, 3.8) is 0 Å². The number of halogens is 1. The van der Waals surface area contributed by atoms with Gasteiger partial charge in [-0.25, -0.2) is 0 Å². The first-order chi connectivity index (χ1) is 14.4. The number of carbonyl (C=O) groups is 2. The fourth-order valence-electron chi connectivity index (χ4n) is 3.17. The van der Waals surface area contributed by atoms with E-state index in [4.69, 9.17) is 16.0 Å². The highest BCUT2D eigenvalue weighted by Gasteiger charge is 2.23. The molecule has 7 nitrogen and oxygen atoms in total. The van der Waals surface area contributed by atoms with E-state index in [1.54, 1.807) is 24.3 Å². The summed E-state index contributed by atoms with van der Waals surface area (Å²) in [4.78, 5) is 35.7. The van der Waals surface area contributed by atoms with Crippen LogP contribution in [0.1, 0.15) is 47.9 Å². The number of nitro benzene ring substituents is 1. The lowest BCUT2D eigenvalue weighted by atomic mass is 9.98. The molecule has 1 heterocycles. The second kappa shape index (κ2) is 9.54. The van der Waals surface area contributed by atoms with E-state index in [1.165, 1.54) is 18.2 Å². The molecule has 0 aliphatic rings. The number of amides is 1. The summed E-state index contributed by atoms with van der Waals surface area (Å²) in [7, 11) is 0. The SMILES string of the molecule is CCCCc1oc2ccc([N+](=O)[O-])cc2c1C(=O)c1ccc(NC(=O)CCCl)cc1. The van der Waals surface area contributed by atoms with Gasteiger partial charge >= 0.3 is 0 Å². The zero-order chi connectivity index (χ0) is 21.7. The number of nitro groups is 1. The molecule has 0 unspecified atom stereocenters. The Balaban J connectivity index is 1.98. The van der Waals surface area contributed by atoms with Crippen molar-refractivity contribution >= 4 is 45.6 Å². The van der Waals surface area contributed by atoms with Gasteiger partial charge in [0.15, 0.2) is 5.78 Å². The highest BCUT2D eigenvalue weighted by Crippen LogP contribution is 2.32. The van der Waals surface area contributed by atoms with Gasteiger partial charge in [0, 0.05) is 47.5 Å². The molecule has 0 atom stereocenters. The normalized spacial score (nSPS) is 10.9. The number of unbranched alkanes of at least 4 members (excludes halogenated alkanes) is 1. The number of rotatable bonds is 9. The van der Waals surface area contributed by atoms with Gasteiger partial charge in [0.05, 0.1) is 10.5 Å². The van der Waals surface area contributed by atoms with Crippen LogP contribution in [0.4, 0.5) is 11.4 Å². The molecule has 3 rings (SSSR count). The van der Waals surface area contributed by atoms with Gasteiger partial charge in [-0.3, -0.25) is 19.7 Å². The van der Waals surface area contributed by atoms with Crippen molar-refractivity contribution < 1.29 is 18.9 Å². The molecule has 1 aromatic heterocycles. The number of non-ortho nitro benzene ring substituents is 1. The number of fused-ring (bicyclic) bond motifs is 1. The number of nitrogens with zero attached hydrogens (tertiary/aromatic N) is 1. The lowest BCUT2D eigenvalue weighted by Crippen LogP contribution is -2.12. The van der Waals surface area contributed by atoms with Crippen molar-refractivity contribution in [1.29, 1.82) is 0 Å². The van der Waals surface area contributed by atoms with E-state index in [0.717, 1.165) is 12.8 Å². The van der Waals surface area contributed by atoms with Crippen LogP contribution in [0.3, 0.4) is 0 Å². The number of ketones is 1. The van der Waals surface area contributed by atoms with Crippen molar-refractivity contribution in [3.8, 4) is 0 Å². The van der Waals surface area contributed by atoms with Crippen LogP contribution < -0.4 is 5.32 Å². The Hall–Kier alpha value is -3.19. The summed E-state index contributed by atoms with van der Waals surface area (Å²) >= 11 is 5.56. The Morgan fingerprint density at radius 3 is 2.53 bits per heavy atom. The molecular formula is C22H21ClN2O5. The van der Waals surface area contributed by atoms with E-state index in [0.29, 0.717) is 40.0 Å². The van der Waals surface area contributed by atoms with Crippen molar-refractivity contribution in [2.45, 2.75) is 32.6 Å². The smallest absolute Gasteiger partial charge is 0.270 e. The van der Waals surface area contributed by atoms with Crippen molar-refractivity contribution in [2.75, 3.05) is 11.2 Å². The summed E-state index contributed by atoms with van der Waals surface area (Å²) in [6, 6.07) is 10.8. The summed E-state index contributed by atoms with van der Waals surface area (Å²) in [6.45, 7) is 2.03. The molecule has 2 aromatic carbocycles. The Bertz CT molecular complexity index is 1090. The summed E-state index contributed by atoms with van der Waals surface area (Å²) in [5.74, 6) is 0.262. The number of carbonyl (C=O) groups excluding carboxylic acids is 2. The van der Waals surface area contributed by atoms with Gasteiger partial charge in [0.25, 0.3) is 5.69 Å². The van der Waals surface area contributed by atoms with Crippen molar-refractivity contribution in [2.24, 2.45) is 0 Å². The molecule has 0 aliphatic carbocycles. The monoisotopic (exact) mass is 428 g/mol. The largest absolute Gasteiger partial charge is 0.460 e. The molecular weight excluding hydrogens is 408 g/mol. The zero-order valence-corrected chi connectivity index (χ0v) is 17.2. The topological polar surface area (TPSA) is 102 Å². The van der Waals surface area contributed by atoms with Gasteiger partial charge in [-0.1, -0.05) is 13.3 Å². The molecule has 0 radical (unpaired) electrons. The molecule has 1 N–H and O–H groups in total. The molecule has 156 valence electrons. The Morgan fingerprint density at radius 1 is 1.17 bits per heavy atom. The molecule has 30 heavy (non-hydrogen) atoms. The summed E-state index contributed by atoms with van der Waals surface area (Å²) in [5.41, 5.74) is 1.65. The molecule has 8 heteroatoms. The number of aryl methyl sites for hydroxylation is 1. The number of nitrogens with one attached hydrogen (secondary N) is 1. The number of hydrogen-bond donors (Lipinski definition) is 1. The van der Waals surface area contributed by atoms with E-state index >= 15 is 0 Å². The highest BCUT2D eigenvalue weighted by molar-refractivity contribution is 6.19. The first kappa shape index (κ1) is 21.5. The number of anilines is 1. The maximum Gasteiger partial charge on any atom is 0.270 e. The third kappa shape index (κ3) is 4.68. The number of hydrogen-bond acceptors (Lipinski definition) is 5. The predicted molar refractivity (Wildman–Crippen MR) is 115 cm³/mol. The Kier molecular flexibility index (Phi) is 6.84. The minimum atomic E-state index is -0.495.